The fourth-order valence-electron chi connectivity index (χ4n) is 4.77. The summed E-state index contributed by atoms with van der Waals surface area (Å²) in [5.74, 6) is 0. The first kappa shape index (κ1) is 18.5. The van der Waals surface area contributed by atoms with Crippen LogP contribution in [0.4, 0.5) is 5.69 Å². The van der Waals surface area contributed by atoms with Crippen LogP contribution in [-0.4, -0.2) is 49.7 Å². The maximum Gasteiger partial charge on any atom is 0.200 e. The zero-order chi connectivity index (χ0) is 19.8. The number of anilines is 1. The van der Waals surface area contributed by atoms with Crippen molar-refractivity contribution in [1.29, 1.82) is 0 Å². The minimum Gasteiger partial charge on any atom is -0.393 e. The van der Waals surface area contributed by atoms with E-state index in [1.165, 1.54) is 0 Å². The molecule has 0 aliphatic carbocycles. The van der Waals surface area contributed by atoms with Gasteiger partial charge in [-0.25, -0.2) is 0 Å². The minimum absolute atomic E-state index is 0.0395. The van der Waals surface area contributed by atoms with Crippen LogP contribution in [0.25, 0.3) is 5.65 Å². The number of aliphatic hydroxyl groups is 1. The van der Waals surface area contributed by atoms with Crippen LogP contribution in [0.1, 0.15) is 50.0 Å². The van der Waals surface area contributed by atoms with E-state index in [1.807, 2.05) is 18.2 Å². The van der Waals surface area contributed by atoms with Gasteiger partial charge in [0, 0.05) is 25.9 Å². The van der Waals surface area contributed by atoms with Gasteiger partial charge in [0.15, 0.2) is 0 Å². The van der Waals surface area contributed by atoms with Crippen molar-refractivity contribution in [3.8, 4) is 0 Å². The van der Waals surface area contributed by atoms with Crippen LogP contribution in [0.5, 0.6) is 0 Å². The van der Waals surface area contributed by atoms with E-state index in [9.17, 15) is 5.11 Å². The minimum atomic E-state index is -0.323. The number of fused-ring (bicyclic) bond motifs is 1. The second-order valence-corrected chi connectivity index (χ2v) is 8.25. The van der Waals surface area contributed by atoms with Gasteiger partial charge >= 0.3 is 0 Å². The summed E-state index contributed by atoms with van der Waals surface area (Å²) in [4.78, 5) is 2.36. The number of aryl methyl sites for hydroxylation is 1. The number of nitrogens with zero attached hydrogens (tertiary/aromatic N) is 5. The molecule has 2 saturated heterocycles. The van der Waals surface area contributed by atoms with Crippen LogP contribution in [0.15, 0.2) is 42.7 Å². The smallest absolute Gasteiger partial charge is 0.200 e. The highest BCUT2D eigenvalue weighted by atomic mass is 16.5. The highest BCUT2D eigenvalue weighted by Gasteiger charge is 2.44. The molecule has 152 valence electrons. The lowest BCUT2D eigenvalue weighted by atomic mass is 9.81. The number of aliphatic hydroxyl groups excluding tert-OH is 1. The molecule has 7 heteroatoms. The van der Waals surface area contributed by atoms with Crippen molar-refractivity contribution in [1.82, 2.24) is 19.8 Å². The van der Waals surface area contributed by atoms with Crippen LogP contribution >= 0.6 is 0 Å². The molecule has 1 aromatic carbocycles. The van der Waals surface area contributed by atoms with Gasteiger partial charge in [0.25, 0.3) is 0 Å². The summed E-state index contributed by atoms with van der Waals surface area (Å²) < 4.78 is 8.41. The van der Waals surface area contributed by atoms with Crippen molar-refractivity contribution in [3.63, 3.8) is 0 Å². The number of piperidine rings is 1. The van der Waals surface area contributed by atoms with Gasteiger partial charge in [-0.05, 0) is 30.9 Å². The molecule has 2 aliphatic heterocycles. The number of hydrogen-bond acceptors (Lipinski definition) is 6. The van der Waals surface area contributed by atoms with Gasteiger partial charge < -0.3 is 14.7 Å². The zero-order valence-electron chi connectivity index (χ0n) is 16.7. The maximum atomic E-state index is 10.6. The lowest BCUT2D eigenvalue weighted by Gasteiger charge is -2.48. The largest absolute Gasteiger partial charge is 0.393 e. The second-order valence-electron chi connectivity index (χ2n) is 8.25. The van der Waals surface area contributed by atoms with Gasteiger partial charge in [-0.3, -0.25) is 0 Å². The summed E-state index contributed by atoms with van der Waals surface area (Å²) in [7, 11) is 0. The quantitative estimate of drug-likeness (QED) is 0.737. The lowest BCUT2D eigenvalue weighted by Crippen LogP contribution is -2.51. The molecule has 2 fully saturated rings. The van der Waals surface area contributed by atoms with E-state index >= 15 is 0 Å². The third-order valence-electron chi connectivity index (χ3n) is 6.33. The second kappa shape index (κ2) is 7.39. The fraction of sp³-hybridized carbons (Fsp3) is 0.500. The first-order valence-corrected chi connectivity index (χ1v) is 10.5. The molecule has 0 saturated carbocycles. The third-order valence-corrected chi connectivity index (χ3v) is 6.33. The summed E-state index contributed by atoms with van der Waals surface area (Å²) in [6, 6.07) is 12.4. The highest BCUT2D eigenvalue weighted by Crippen LogP contribution is 2.43. The van der Waals surface area contributed by atoms with Crippen molar-refractivity contribution in [2.45, 2.75) is 56.8 Å². The van der Waals surface area contributed by atoms with Crippen LogP contribution in [0.2, 0.25) is 0 Å². The number of benzene rings is 1. The molecule has 2 aliphatic rings. The zero-order valence-corrected chi connectivity index (χ0v) is 16.7. The van der Waals surface area contributed by atoms with Gasteiger partial charge in [-0.15, -0.1) is 10.2 Å². The van der Waals surface area contributed by atoms with Crippen molar-refractivity contribution >= 4 is 11.3 Å². The normalized spacial score (nSPS) is 24.3. The number of hydrogen-bond donors (Lipinski definition) is 1. The molecule has 0 bridgehead atoms. The summed E-state index contributed by atoms with van der Waals surface area (Å²) >= 11 is 0. The predicted octanol–water partition coefficient (Wildman–Crippen LogP) is 2.94. The molecule has 0 amide bonds. The molecule has 2 aromatic heterocycles. The van der Waals surface area contributed by atoms with E-state index in [-0.39, 0.29) is 17.8 Å². The molecule has 3 aromatic rings. The van der Waals surface area contributed by atoms with Crippen molar-refractivity contribution < 1.29 is 9.84 Å². The van der Waals surface area contributed by atoms with E-state index in [1.54, 1.807) is 10.8 Å². The molecule has 1 N–H and O–H groups in total. The molecule has 7 nitrogen and oxygen atoms in total. The lowest BCUT2D eigenvalue weighted by molar-refractivity contribution is -0.173. The Morgan fingerprint density at radius 3 is 2.76 bits per heavy atom. The van der Waals surface area contributed by atoms with E-state index in [0.29, 0.717) is 12.8 Å². The fourth-order valence-corrected chi connectivity index (χ4v) is 4.77. The van der Waals surface area contributed by atoms with E-state index < -0.39 is 0 Å². The number of aromatic nitrogens is 4. The van der Waals surface area contributed by atoms with Crippen molar-refractivity contribution in [2.24, 2.45) is 0 Å². The third kappa shape index (κ3) is 3.49. The number of rotatable bonds is 3. The summed E-state index contributed by atoms with van der Waals surface area (Å²) in [5, 5.41) is 23.5. The topological polar surface area (TPSA) is 75.8 Å². The predicted molar refractivity (Wildman–Crippen MR) is 110 cm³/mol. The molecule has 1 spiro atoms. The van der Waals surface area contributed by atoms with E-state index in [0.717, 1.165) is 54.9 Å². The van der Waals surface area contributed by atoms with Gasteiger partial charge in [-0.1, -0.05) is 37.3 Å². The van der Waals surface area contributed by atoms with E-state index in [4.69, 9.17) is 4.74 Å². The summed E-state index contributed by atoms with van der Waals surface area (Å²) in [6.07, 6.45) is 5.32. The Hall–Kier alpha value is -2.51. The Morgan fingerprint density at radius 1 is 1.21 bits per heavy atom. The monoisotopic (exact) mass is 393 g/mol. The number of ether oxygens (including phenoxy) is 1. The molecule has 0 radical (unpaired) electrons. The van der Waals surface area contributed by atoms with Crippen molar-refractivity contribution in [3.05, 3.63) is 54.0 Å². The van der Waals surface area contributed by atoms with Gasteiger partial charge in [0.2, 0.25) is 5.65 Å². The van der Waals surface area contributed by atoms with Crippen LogP contribution in [0, 0.1) is 0 Å². The first-order valence-electron chi connectivity index (χ1n) is 10.5. The Balaban J connectivity index is 1.36. The van der Waals surface area contributed by atoms with E-state index in [2.05, 4.69) is 45.3 Å². The van der Waals surface area contributed by atoms with Gasteiger partial charge in [0.1, 0.15) is 6.33 Å². The Kier molecular flexibility index (Phi) is 4.72. The summed E-state index contributed by atoms with van der Waals surface area (Å²) in [5.41, 5.74) is 3.80. The molecule has 2 atom stereocenters. The van der Waals surface area contributed by atoms with Crippen LogP contribution in [-0.2, 0) is 11.2 Å². The Morgan fingerprint density at radius 2 is 2.00 bits per heavy atom. The van der Waals surface area contributed by atoms with Crippen LogP contribution in [0.3, 0.4) is 0 Å². The molecular formula is C22H27N5O2. The molecule has 0 unspecified atom stereocenters. The van der Waals surface area contributed by atoms with Gasteiger partial charge in [-0.2, -0.15) is 9.61 Å². The molecule has 5 rings (SSSR count). The summed E-state index contributed by atoms with van der Waals surface area (Å²) in [6.45, 7) is 3.84. The Bertz CT molecular complexity index is 981. The molecular weight excluding hydrogens is 366 g/mol. The standard InChI is InChI=1S/C22H27N5O2/c1-2-17-12-19(21-24-23-15-27(21)25-17)26-10-8-22(9-11-26)14-18(28)13-20(29-22)16-6-4-3-5-7-16/h3-7,12,15,18,20,28H,2,8-11,13-14H2,1H3/t18-,20-/m1/s1. The highest BCUT2D eigenvalue weighted by molar-refractivity contribution is 5.68. The molecule has 29 heavy (non-hydrogen) atoms. The average molecular weight is 393 g/mol. The van der Waals surface area contributed by atoms with Crippen LogP contribution < -0.4 is 4.90 Å². The Labute approximate surface area is 170 Å². The van der Waals surface area contributed by atoms with Gasteiger partial charge in [0.05, 0.1) is 29.2 Å². The molecule has 4 heterocycles. The average Bonchev–Trinajstić information content (AvgIpc) is 3.22. The first-order chi connectivity index (χ1) is 14.2. The maximum absolute atomic E-state index is 10.6. The van der Waals surface area contributed by atoms with Crippen molar-refractivity contribution in [2.75, 3.05) is 18.0 Å². The SMILES string of the molecule is CCc1cc(N2CCC3(CC2)C[C@H](O)C[C@H](c2ccccc2)O3)c2nncn2n1.